The molecule has 0 saturated heterocycles. The van der Waals surface area contributed by atoms with Gasteiger partial charge in [0.2, 0.25) is 0 Å². The van der Waals surface area contributed by atoms with Crippen LogP contribution in [0, 0.1) is 0 Å². The van der Waals surface area contributed by atoms with Gasteiger partial charge in [-0.1, -0.05) is 18.2 Å². The maximum absolute atomic E-state index is 12.1. The van der Waals surface area contributed by atoms with Gasteiger partial charge in [0.05, 0.1) is 6.04 Å². The first-order chi connectivity index (χ1) is 8.75. The predicted molar refractivity (Wildman–Crippen MR) is 64.6 cm³/mol. The van der Waals surface area contributed by atoms with Crippen molar-refractivity contribution in [3.63, 3.8) is 0 Å². The molecule has 0 fully saturated rings. The normalized spacial score (nSPS) is 12.8. The van der Waals surface area contributed by atoms with Gasteiger partial charge in [0.1, 0.15) is 5.75 Å². The molecule has 0 aliphatic rings. The SMILES string of the molecule is C=CCc1ccc([C@@H](C)NC(=O)C(F)(F)F)cc1O. The van der Waals surface area contributed by atoms with Crippen molar-refractivity contribution in [1.29, 1.82) is 0 Å². The zero-order valence-electron chi connectivity index (χ0n) is 10.3. The zero-order valence-corrected chi connectivity index (χ0v) is 10.3. The summed E-state index contributed by atoms with van der Waals surface area (Å²) in [6.45, 7) is 4.94. The number of rotatable bonds is 4. The van der Waals surface area contributed by atoms with E-state index in [0.717, 1.165) is 0 Å². The minimum absolute atomic E-state index is 0.0366. The minimum atomic E-state index is -4.92. The van der Waals surface area contributed by atoms with Crippen molar-refractivity contribution in [3.8, 4) is 5.75 Å². The Morgan fingerprint density at radius 1 is 1.53 bits per heavy atom. The van der Waals surface area contributed by atoms with Crippen LogP contribution in [-0.4, -0.2) is 17.2 Å². The van der Waals surface area contributed by atoms with Crippen LogP contribution < -0.4 is 5.32 Å². The van der Waals surface area contributed by atoms with Crippen molar-refractivity contribution < 1.29 is 23.1 Å². The van der Waals surface area contributed by atoms with Gasteiger partial charge in [-0.25, -0.2) is 0 Å². The van der Waals surface area contributed by atoms with Crippen LogP contribution in [-0.2, 0) is 11.2 Å². The van der Waals surface area contributed by atoms with E-state index in [1.54, 1.807) is 18.2 Å². The lowest BCUT2D eigenvalue weighted by Gasteiger charge is -2.16. The summed E-state index contributed by atoms with van der Waals surface area (Å²) >= 11 is 0. The first kappa shape index (κ1) is 15.1. The van der Waals surface area contributed by atoms with E-state index in [0.29, 0.717) is 17.5 Å². The maximum Gasteiger partial charge on any atom is 0.471 e. The van der Waals surface area contributed by atoms with E-state index >= 15 is 0 Å². The lowest BCUT2D eigenvalue weighted by Crippen LogP contribution is -2.38. The van der Waals surface area contributed by atoms with Crippen molar-refractivity contribution in [1.82, 2.24) is 5.32 Å². The van der Waals surface area contributed by atoms with Crippen molar-refractivity contribution >= 4 is 5.91 Å². The third-order valence-corrected chi connectivity index (χ3v) is 2.58. The predicted octanol–water partition coefficient (Wildman–Crippen LogP) is 2.86. The number of aromatic hydroxyl groups is 1. The van der Waals surface area contributed by atoms with Gasteiger partial charge < -0.3 is 10.4 Å². The van der Waals surface area contributed by atoms with Gasteiger partial charge in [-0.15, -0.1) is 6.58 Å². The molecule has 0 spiro atoms. The Morgan fingerprint density at radius 2 is 2.16 bits per heavy atom. The van der Waals surface area contributed by atoms with Gasteiger partial charge in [0, 0.05) is 0 Å². The number of alkyl halides is 3. The van der Waals surface area contributed by atoms with Gasteiger partial charge in [-0.2, -0.15) is 13.2 Å². The topological polar surface area (TPSA) is 49.3 Å². The molecule has 1 aromatic carbocycles. The average Bonchev–Trinajstić information content (AvgIpc) is 2.30. The number of amides is 1. The number of allylic oxidation sites excluding steroid dienone is 1. The number of hydrogen-bond donors (Lipinski definition) is 2. The highest BCUT2D eigenvalue weighted by atomic mass is 19.4. The summed E-state index contributed by atoms with van der Waals surface area (Å²) in [4.78, 5) is 10.8. The molecule has 6 heteroatoms. The van der Waals surface area contributed by atoms with Gasteiger partial charge in [-0.05, 0) is 30.5 Å². The zero-order chi connectivity index (χ0) is 14.6. The van der Waals surface area contributed by atoms with E-state index in [1.807, 2.05) is 5.32 Å². The Morgan fingerprint density at radius 3 is 2.63 bits per heavy atom. The molecule has 1 aromatic rings. The monoisotopic (exact) mass is 273 g/mol. The second kappa shape index (κ2) is 5.77. The highest BCUT2D eigenvalue weighted by molar-refractivity contribution is 5.82. The summed E-state index contributed by atoms with van der Waals surface area (Å²) in [5, 5.41) is 11.5. The van der Waals surface area contributed by atoms with Crippen molar-refractivity contribution in [3.05, 3.63) is 42.0 Å². The molecule has 19 heavy (non-hydrogen) atoms. The minimum Gasteiger partial charge on any atom is -0.508 e. The number of nitrogens with one attached hydrogen (secondary N) is 1. The van der Waals surface area contributed by atoms with E-state index in [9.17, 15) is 23.1 Å². The summed E-state index contributed by atoms with van der Waals surface area (Å²) in [5.74, 6) is -2.04. The fourth-order valence-corrected chi connectivity index (χ4v) is 1.54. The lowest BCUT2D eigenvalue weighted by atomic mass is 10.0. The van der Waals surface area contributed by atoms with E-state index in [2.05, 4.69) is 6.58 Å². The molecule has 104 valence electrons. The molecular formula is C13H14F3NO2. The fourth-order valence-electron chi connectivity index (χ4n) is 1.54. The largest absolute Gasteiger partial charge is 0.508 e. The van der Waals surface area contributed by atoms with Gasteiger partial charge in [0.15, 0.2) is 0 Å². The van der Waals surface area contributed by atoms with E-state index in [-0.39, 0.29) is 5.75 Å². The molecule has 0 heterocycles. The molecule has 0 bridgehead atoms. The maximum atomic E-state index is 12.1. The lowest BCUT2D eigenvalue weighted by molar-refractivity contribution is -0.174. The number of phenolic OH excluding ortho intramolecular Hbond substituents is 1. The van der Waals surface area contributed by atoms with Crippen LogP contribution >= 0.6 is 0 Å². The van der Waals surface area contributed by atoms with Crippen molar-refractivity contribution in [2.75, 3.05) is 0 Å². The Kier molecular flexibility index (Phi) is 4.58. The van der Waals surface area contributed by atoms with Crippen LogP contribution in [0.5, 0.6) is 5.75 Å². The summed E-state index contributed by atoms with van der Waals surface area (Å²) in [6.07, 6.45) is -2.86. The number of carbonyl (C=O) groups excluding carboxylic acids is 1. The highest BCUT2D eigenvalue weighted by Gasteiger charge is 2.39. The van der Waals surface area contributed by atoms with Crippen molar-refractivity contribution in [2.45, 2.75) is 25.6 Å². The summed E-state index contributed by atoms with van der Waals surface area (Å²) in [6, 6.07) is 3.63. The first-order valence-electron chi connectivity index (χ1n) is 5.56. The molecule has 1 amide bonds. The summed E-state index contributed by atoms with van der Waals surface area (Å²) in [5.41, 5.74) is 1.01. The molecular weight excluding hydrogens is 259 g/mol. The third-order valence-electron chi connectivity index (χ3n) is 2.58. The van der Waals surface area contributed by atoms with Gasteiger partial charge in [-0.3, -0.25) is 4.79 Å². The molecule has 0 aliphatic heterocycles. The molecule has 1 rings (SSSR count). The fraction of sp³-hybridized carbons (Fsp3) is 0.308. The number of carbonyl (C=O) groups is 1. The van der Waals surface area contributed by atoms with Crippen LogP contribution in [0.2, 0.25) is 0 Å². The molecule has 2 N–H and O–H groups in total. The average molecular weight is 273 g/mol. The first-order valence-corrected chi connectivity index (χ1v) is 5.56. The smallest absolute Gasteiger partial charge is 0.471 e. The molecule has 3 nitrogen and oxygen atoms in total. The van der Waals surface area contributed by atoms with E-state index in [4.69, 9.17) is 0 Å². The van der Waals surface area contributed by atoms with Crippen LogP contribution in [0.3, 0.4) is 0 Å². The molecule has 1 atom stereocenters. The molecule has 0 aliphatic carbocycles. The van der Waals surface area contributed by atoms with E-state index < -0.39 is 18.1 Å². The molecule has 0 radical (unpaired) electrons. The van der Waals surface area contributed by atoms with Gasteiger partial charge >= 0.3 is 12.1 Å². The Labute approximate surface area is 108 Å². The van der Waals surface area contributed by atoms with Crippen LogP contribution in [0.1, 0.15) is 24.1 Å². The molecule has 0 unspecified atom stereocenters. The highest BCUT2D eigenvalue weighted by Crippen LogP contribution is 2.24. The van der Waals surface area contributed by atoms with Crippen molar-refractivity contribution in [2.24, 2.45) is 0 Å². The quantitative estimate of drug-likeness (QED) is 0.829. The second-order valence-electron chi connectivity index (χ2n) is 4.07. The number of halogens is 3. The Balaban J connectivity index is 2.83. The van der Waals surface area contributed by atoms with E-state index in [1.165, 1.54) is 13.0 Å². The van der Waals surface area contributed by atoms with Gasteiger partial charge in [0.25, 0.3) is 0 Å². The molecule has 0 aromatic heterocycles. The summed E-state index contributed by atoms with van der Waals surface area (Å²) in [7, 11) is 0. The number of benzene rings is 1. The second-order valence-corrected chi connectivity index (χ2v) is 4.07. The van der Waals surface area contributed by atoms with Crippen LogP contribution in [0.25, 0.3) is 0 Å². The van der Waals surface area contributed by atoms with Crippen LogP contribution in [0.15, 0.2) is 30.9 Å². The Hall–Kier alpha value is -1.98. The summed E-state index contributed by atoms with van der Waals surface area (Å²) < 4.78 is 36.3. The molecule has 0 saturated carbocycles. The Bertz CT molecular complexity index is 483. The number of phenols is 1. The number of hydrogen-bond acceptors (Lipinski definition) is 2. The third kappa shape index (κ3) is 4.01. The standard InChI is InChI=1S/C13H14F3NO2/c1-3-4-9-5-6-10(7-11(9)18)8(2)17-12(19)13(14,15)16/h3,5-8,18H,1,4H2,2H3,(H,17,19)/t8-/m1/s1. The van der Waals surface area contributed by atoms with Crippen LogP contribution in [0.4, 0.5) is 13.2 Å².